The zero-order valence-electron chi connectivity index (χ0n) is 16.8. The van der Waals surface area contributed by atoms with E-state index in [-0.39, 0.29) is 5.91 Å². The van der Waals surface area contributed by atoms with Gasteiger partial charge in [-0.15, -0.1) is 11.3 Å². The molecule has 9 heteroatoms. The minimum atomic E-state index is 0.101. The Labute approximate surface area is 169 Å². The van der Waals surface area contributed by atoms with Gasteiger partial charge in [0.15, 0.2) is 0 Å². The van der Waals surface area contributed by atoms with Crippen LogP contribution < -0.4 is 9.80 Å². The fourth-order valence-corrected chi connectivity index (χ4v) is 4.62. The number of piperazine rings is 2. The Hall–Kier alpha value is -2.26. The van der Waals surface area contributed by atoms with E-state index in [0.717, 1.165) is 66.5 Å². The number of thiazole rings is 1. The van der Waals surface area contributed by atoms with Crippen LogP contribution in [0.2, 0.25) is 0 Å². The third-order valence-electron chi connectivity index (χ3n) is 5.45. The van der Waals surface area contributed by atoms with Crippen molar-refractivity contribution >= 4 is 28.9 Å². The maximum absolute atomic E-state index is 12.8. The molecule has 0 N–H and O–H groups in total. The summed E-state index contributed by atoms with van der Waals surface area (Å²) in [6.07, 6.45) is 1.66. The van der Waals surface area contributed by atoms with E-state index in [1.807, 2.05) is 18.7 Å². The average molecular weight is 402 g/mol. The number of hydrogen-bond acceptors (Lipinski definition) is 8. The van der Waals surface area contributed by atoms with Crippen molar-refractivity contribution in [2.45, 2.75) is 13.8 Å². The van der Waals surface area contributed by atoms with Gasteiger partial charge >= 0.3 is 0 Å². The molecule has 0 spiro atoms. The van der Waals surface area contributed by atoms with Crippen molar-refractivity contribution in [3.63, 3.8) is 0 Å². The molecular weight excluding hydrogens is 374 g/mol. The molecule has 2 aromatic rings. The second-order valence-corrected chi connectivity index (χ2v) is 8.65. The summed E-state index contributed by atoms with van der Waals surface area (Å²) in [6, 6.07) is 2.08. The van der Waals surface area contributed by atoms with Gasteiger partial charge in [0, 0.05) is 58.4 Å². The molecular formula is C19H27N7OS. The monoisotopic (exact) mass is 401 g/mol. The van der Waals surface area contributed by atoms with Crippen molar-refractivity contribution < 1.29 is 4.79 Å². The van der Waals surface area contributed by atoms with Crippen molar-refractivity contribution in [3.05, 3.63) is 28.0 Å². The highest BCUT2D eigenvalue weighted by molar-refractivity contribution is 7.13. The molecule has 150 valence electrons. The Bertz CT molecular complexity index is 839. The smallest absolute Gasteiger partial charge is 0.265 e. The van der Waals surface area contributed by atoms with Gasteiger partial charge in [0.2, 0.25) is 0 Å². The highest BCUT2D eigenvalue weighted by Crippen LogP contribution is 2.23. The molecule has 0 atom stereocenters. The Morgan fingerprint density at radius 3 is 2.04 bits per heavy atom. The Balaban J connectivity index is 1.39. The van der Waals surface area contributed by atoms with Crippen molar-refractivity contribution in [1.82, 2.24) is 24.8 Å². The fraction of sp³-hybridized carbons (Fsp3) is 0.579. The number of hydrogen-bond donors (Lipinski definition) is 0. The van der Waals surface area contributed by atoms with Crippen LogP contribution in [-0.2, 0) is 0 Å². The topological polar surface area (TPSA) is 68.7 Å². The summed E-state index contributed by atoms with van der Waals surface area (Å²) in [4.78, 5) is 35.8. The van der Waals surface area contributed by atoms with E-state index in [2.05, 4.69) is 42.8 Å². The maximum Gasteiger partial charge on any atom is 0.265 e. The number of carbonyl (C=O) groups excluding carboxylic acids is 1. The van der Waals surface area contributed by atoms with Crippen LogP contribution in [0.4, 0.5) is 11.6 Å². The minimum absolute atomic E-state index is 0.101. The van der Waals surface area contributed by atoms with Crippen molar-refractivity contribution in [2.75, 3.05) is 69.2 Å². The summed E-state index contributed by atoms with van der Waals surface area (Å²) in [5, 5.41) is 0.942. The van der Waals surface area contributed by atoms with Gasteiger partial charge in [-0.25, -0.2) is 15.0 Å². The number of aromatic nitrogens is 3. The Morgan fingerprint density at radius 2 is 1.50 bits per heavy atom. The van der Waals surface area contributed by atoms with Gasteiger partial charge in [-0.2, -0.15) is 0 Å². The molecule has 0 aliphatic carbocycles. The number of carbonyl (C=O) groups is 1. The quantitative estimate of drug-likeness (QED) is 0.767. The van der Waals surface area contributed by atoms with Crippen LogP contribution in [0.5, 0.6) is 0 Å². The lowest BCUT2D eigenvalue weighted by Gasteiger charge is -2.36. The van der Waals surface area contributed by atoms with Crippen LogP contribution >= 0.6 is 11.3 Å². The normalized spacial score (nSPS) is 18.6. The number of rotatable bonds is 3. The van der Waals surface area contributed by atoms with Crippen molar-refractivity contribution in [3.8, 4) is 0 Å². The second-order valence-electron chi connectivity index (χ2n) is 7.45. The van der Waals surface area contributed by atoms with Gasteiger partial charge in [0.25, 0.3) is 5.91 Å². The average Bonchev–Trinajstić information content (AvgIpc) is 3.06. The van der Waals surface area contributed by atoms with Crippen LogP contribution in [0.15, 0.2) is 12.4 Å². The highest BCUT2D eigenvalue weighted by atomic mass is 32.1. The molecule has 8 nitrogen and oxygen atoms in total. The first-order valence-electron chi connectivity index (χ1n) is 9.75. The van der Waals surface area contributed by atoms with Gasteiger partial charge in [-0.1, -0.05) is 0 Å². The Morgan fingerprint density at radius 1 is 0.929 bits per heavy atom. The zero-order chi connectivity index (χ0) is 19.7. The molecule has 2 fully saturated rings. The van der Waals surface area contributed by atoms with Gasteiger partial charge in [-0.05, 0) is 20.9 Å². The number of nitrogens with zero attached hydrogens (tertiary/aromatic N) is 7. The maximum atomic E-state index is 12.8. The van der Waals surface area contributed by atoms with E-state index < -0.39 is 0 Å². The van der Waals surface area contributed by atoms with Crippen LogP contribution in [0.25, 0.3) is 0 Å². The summed E-state index contributed by atoms with van der Waals surface area (Å²) < 4.78 is 0. The second kappa shape index (κ2) is 8.00. The largest absolute Gasteiger partial charge is 0.354 e. The molecule has 4 heterocycles. The number of anilines is 2. The molecule has 4 rings (SSSR count). The molecule has 0 aromatic carbocycles. The molecule has 2 aliphatic heterocycles. The predicted octanol–water partition coefficient (Wildman–Crippen LogP) is 1.26. The molecule has 1 amide bonds. The summed E-state index contributed by atoms with van der Waals surface area (Å²) in [5.41, 5.74) is 0.836. The summed E-state index contributed by atoms with van der Waals surface area (Å²) in [6.45, 7) is 10.9. The standard InChI is InChI=1S/C19H27N7OS/c1-14-18(28-15(2)22-14)19(27)26-10-8-25(9-11-26)17-12-16(20-13-21-17)24-6-4-23(3)5-7-24/h12-13H,4-11H2,1-3H3. The van der Waals surface area contributed by atoms with Gasteiger partial charge in [0.05, 0.1) is 10.7 Å². The molecule has 2 aromatic heterocycles. The van der Waals surface area contributed by atoms with E-state index >= 15 is 0 Å². The lowest BCUT2D eigenvalue weighted by atomic mass is 10.2. The summed E-state index contributed by atoms with van der Waals surface area (Å²) in [7, 11) is 2.15. The first kappa shape index (κ1) is 19.1. The Kier molecular flexibility index (Phi) is 5.45. The van der Waals surface area contributed by atoms with E-state index in [4.69, 9.17) is 0 Å². The lowest BCUT2D eigenvalue weighted by Crippen LogP contribution is -2.49. The molecule has 2 aliphatic rings. The minimum Gasteiger partial charge on any atom is -0.354 e. The number of likely N-dealkylation sites (N-methyl/N-ethyl adjacent to an activating group) is 1. The lowest BCUT2D eigenvalue weighted by molar-refractivity contribution is 0.0750. The third-order valence-corrected chi connectivity index (χ3v) is 6.51. The molecule has 28 heavy (non-hydrogen) atoms. The first-order chi connectivity index (χ1) is 13.5. The van der Waals surface area contributed by atoms with Crippen molar-refractivity contribution in [1.29, 1.82) is 0 Å². The van der Waals surface area contributed by atoms with Crippen molar-refractivity contribution in [2.24, 2.45) is 0 Å². The SMILES string of the molecule is Cc1nc(C)c(C(=O)N2CCN(c3cc(N4CCN(C)CC4)ncn3)CC2)s1. The van der Waals surface area contributed by atoms with Gasteiger partial charge < -0.3 is 19.6 Å². The van der Waals surface area contributed by atoms with E-state index in [1.54, 1.807) is 6.33 Å². The van der Waals surface area contributed by atoms with Crippen LogP contribution in [-0.4, -0.2) is 90.1 Å². The van der Waals surface area contributed by atoms with Crippen LogP contribution in [0.1, 0.15) is 20.4 Å². The predicted molar refractivity (Wildman–Crippen MR) is 111 cm³/mol. The van der Waals surface area contributed by atoms with Gasteiger partial charge in [-0.3, -0.25) is 4.79 Å². The van der Waals surface area contributed by atoms with E-state index in [1.165, 1.54) is 11.3 Å². The van der Waals surface area contributed by atoms with E-state index in [9.17, 15) is 4.79 Å². The first-order valence-corrected chi connectivity index (χ1v) is 10.6. The fourth-order valence-electron chi connectivity index (χ4n) is 3.73. The summed E-state index contributed by atoms with van der Waals surface area (Å²) >= 11 is 1.49. The van der Waals surface area contributed by atoms with Crippen LogP contribution in [0, 0.1) is 13.8 Å². The van der Waals surface area contributed by atoms with Crippen LogP contribution in [0.3, 0.4) is 0 Å². The van der Waals surface area contributed by atoms with Gasteiger partial charge in [0.1, 0.15) is 22.8 Å². The van der Waals surface area contributed by atoms with E-state index in [0.29, 0.717) is 13.1 Å². The molecule has 0 radical (unpaired) electrons. The third kappa shape index (κ3) is 3.95. The molecule has 2 saturated heterocycles. The number of aryl methyl sites for hydroxylation is 2. The number of amides is 1. The summed E-state index contributed by atoms with van der Waals surface area (Å²) in [5.74, 6) is 2.04. The highest BCUT2D eigenvalue weighted by Gasteiger charge is 2.26. The molecule has 0 unspecified atom stereocenters. The molecule has 0 bridgehead atoms. The zero-order valence-corrected chi connectivity index (χ0v) is 17.6. The molecule has 0 saturated carbocycles.